The Labute approximate surface area is 119 Å². The molecule has 0 bridgehead atoms. The van der Waals surface area contributed by atoms with Crippen LogP contribution in [0.3, 0.4) is 0 Å². The highest BCUT2D eigenvalue weighted by Gasteiger charge is 2.29. The van der Waals surface area contributed by atoms with Gasteiger partial charge in [0, 0.05) is 19.2 Å². The smallest absolute Gasteiger partial charge is 0.422 e. The lowest BCUT2D eigenvalue weighted by Gasteiger charge is -2.18. The molecule has 21 heavy (non-hydrogen) atoms. The summed E-state index contributed by atoms with van der Waals surface area (Å²) in [5.74, 6) is 0.0548. The second-order valence-electron chi connectivity index (χ2n) is 4.57. The molecule has 2 rings (SSSR count). The minimum Gasteiger partial charge on any atom is -0.481 e. The zero-order valence-electron chi connectivity index (χ0n) is 11.0. The van der Waals surface area contributed by atoms with E-state index in [0.29, 0.717) is 13.1 Å². The highest BCUT2D eigenvalue weighted by atomic mass is 19.4. The van der Waals surface area contributed by atoms with Gasteiger partial charge in [-0.2, -0.15) is 18.4 Å². The van der Waals surface area contributed by atoms with E-state index in [0.717, 1.165) is 5.57 Å². The van der Waals surface area contributed by atoms with E-state index in [2.05, 4.69) is 11.9 Å². The summed E-state index contributed by atoms with van der Waals surface area (Å²) in [4.78, 5) is 0. The van der Waals surface area contributed by atoms with Crippen LogP contribution in [0.5, 0.6) is 11.5 Å². The van der Waals surface area contributed by atoms with Gasteiger partial charge in [-0.05, 0) is 17.7 Å². The molecule has 1 saturated heterocycles. The number of nitrogens with one attached hydrogen (secondary N) is 1. The number of rotatable bonds is 4. The maximum Gasteiger partial charge on any atom is 0.422 e. The van der Waals surface area contributed by atoms with Crippen LogP contribution in [0.4, 0.5) is 13.2 Å². The molecule has 1 fully saturated rings. The summed E-state index contributed by atoms with van der Waals surface area (Å²) in [6, 6.07) is 5.96. The van der Waals surface area contributed by atoms with E-state index in [9.17, 15) is 13.2 Å². The van der Waals surface area contributed by atoms with Crippen molar-refractivity contribution in [2.24, 2.45) is 0 Å². The van der Waals surface area contributed by atoms with Crippen LogP contribution in [-0.4, -0.2) is 32.0 Å². The Bertz CT molecular complexity index is 579. The molecule has 1 aromatic carbocycles. The van der Waals surface area contributed by atoms with Crippen molar-refractivity contribution in [2.75, 3.05) is 19.7 Å². The molecule has 0 aromatic heterocycles. The molecule has 0 unspecified atom stereocenters. The zero-order valence-corrected chi connectivity index (χ0v) is 11.0. The van der Waals surface area contributed by atoms with Crippen LogP contribution in [0.2, 0.25) is 0 Å². The molecule has 0 radical (unpaired) electrons. The maximum atomic E-state index is 12.3. The molecule has 0 aliphatic carbocycles. The quantitative estimate of drug-likeness (QED) is 0.867. The van der Waals surface area contributed by atoms with Crippen molar-refractivity contribution in [3.05, 3.63) is 35.9 Å². The lowest BCUT2D eigenvalue weighted by atomic mass is 10.2. The Morgan fingerprint density at radius 3 is 2.71 bits per heavy atom. The molecule has 1 N–H and O–H groups in total. The van der Waals surface area contributed by atoms with Crippen LogP contribution in [-0.2, 0) is 0 Å². The molecule has 1 aliphatic heterocycles. The van der Waals surface area contributed by atoms with Crippen molar-refractivity contribution in [1.29, 1.82) is 5.26 Å². The Morgan fingerprint density at radius 1 is 1.38 bits per heavy atom. The predicted molar refractivity (Wildman–Crippen MR) is 69.1 cm³/mol. The molecular weight excluding hydrogens is 285 g/mol. The number of hydrogen-bond acceptors (Lipinski definition) is 4. The first-order chi connectivity index (χ1) is 9.89. The number of alkyl halides is 3. The average Bonchev–Trinajstić information content (AvgIpc) is 2.82. The van der Waals surface area contributed by atoms with Gasteiger partial charge in [0.1, 0.15) is 6.10 Å². The molecule has 1 heterocycles. The van der Waals surface area contributed by atoms with Crippen LogP contribution in [0.15, 0.2) is 30.4 Å². The Morgan fingerprint density at radius 2 is 2.14 bits per heavy atom. The molecule has 1 atom stereocenters. The number of nitrogens with zero attached hydrogens (tertiary/aromatic N) is 1. The average molecular weight is 298 g/mol. The van der Waals surface area contributed by atoms with E-state index in [-0.39, 0.29) is 23.2 Å². The standard InChI is InChI=1S/C14H13F3N2O2/c1-9-6-19-7-13(9)21-11-3-2-10(5-18)4-12(11)20-8-14(15,16)17/h2-4,13,19H,1,6-8H2/t13-/m0/s1. The van der Waals surface area contributed by atoms with Crippen molar-refractivity contribution in [3.8, 4) is 17.6 Å². The van der Waals surface area contributed by atoms with Crippen LogP contribution in [0.1, 0.15) is 5.56 Å². The summed E-state index contributed by atoms with van der Waals surface area (Å²) in [5.41, 5.74) is 1.00. The fourth-order valence-electron chi connectivity index (χ4n) is 1.85. The summed E-state index contributed by atoms with van der Waals surface area (Å²) in [7, 11) is 0. The van der Waals surface area contributed by atoms with Gasteiger partial charge in [-0.15, -0.1) is 0 Å². The summed E-state index contributed by atoms with van der Waals surface area (Å²) >= 11 is 0. The number of benzene rings is 1. The molecule has 112 valence electrons. The van der Waals surface area contributed by atoms with Gasteiger partial charge in [-0.25, -0.2) is 0 Å². The van der Waals surface area contributed by atoms with Crippen LogP contribution >= 0.6 is 0 Å². The van der Waals surface area contributed by atoms with E-state index in [4.69, 9.17) is 14.7 Å². The first kappa shape index (κ1) is 15.2. The Hall–Kier alpha value is -2.20. The molecular formula is C14H13F3N2O2. The van der Waals surface area contributed by atoms with Gasteiger partial charge in [-0.1, -0.05) is 6.58 Å². The van der Waals surface area contributed by atoms with Crippen LogP contribution in [0.25, 0.3) is 0 Å². The van der Waals surface area contributed by atoms with Crippen molar-refractivity contribution in [3.63, 3.8) is 0 Å². The fourth-order valence-corrected chi connectivity index (χ4v) is 1.85. The Kier molecular flexibility index (Phi) is 4.38. The first-order valence-electron chi connectivity index (χ1n) is 6.18. The van der Waals surface area contributed by atoms with Crippen molar-refractivity contribution < 1.29 is 22.6 Å². The van der Waals surface area contributed by atoms with Gasteiger partial charge in [0.25, 0.3) is 0 Å². The zero-order chi connectivity index (χ0) is 15.5. The molecule has 0 spiro atoms. The van der Waals surface area contributed by atoms with Crippen LogP contribution < -0.4 is 14.8 Å². The van der Waals surface area contributed by atoms with E-state index < -0.39 is 12.8 Å². The topological polar surface area (TPSA) is 54.3 Å². The van der Waals surface area contributed by atoms with Crippen molar-refractivity contribution in [1.82, 2.24) is 5.32 Å². The van der Waals surface area contributed by atoms with E-state index >= 15 is 0 Å². The van der Waals surface area contributed by atoms with Gasteiger partial charge in [0.2, 0.25) is 0 Å². The normalized spacial score (nSPS) is 18.4. The fraction of sp³-hybridized carbons (Fsp3) is 0.357. The van der Waals surface area contributed by atoms with Gasteiger partial charge in [-0.3, -0.25) is 0 Å². The number of ether oxygens (including phenoxy) is 2. The number of nitriles is 1. The SMILES string of the molecule is C=C1CNC[C@@H]1Oc1ccc(C#N)cc1OCC(F)(F)F. The lowest BCUT2D eigenvalue weighted by molar-refractivity contribution is -0.153. The van der Waals surface area contributed by atoms with Gasteiger partial charge in [0.15, 0.2) is 18.1 Å². The largest absolute Gasteiger partial charge is 0.481 e. The van der Waals surface area contributed by atoms with Gasteiger partial charge < -0.3 is 14.8 Å². The summed E-state index contributed by atoms with van der Waals surface area (Å²) < 4.78 is 47.2. The van der Waals surface area contributed by atoms with Crippen LogP contribution in [0, 0.1) is 11.3 Å². The monoisotopic (exact) mass is 298 g/mol. The van der Waals surface area contributed by atoms with Gasteiger partial charge >= 0.3 is 6.18 Å². The molecule has 4 nitrogen and oxygen atoms in total. The predicted octanol–water partition coefficient (Wildman–Crippen LogP) is 2.41. The summed E-state index contributed by atoms with van der Waals surface area (Å²) in [6.45, 7) is 3.50. The lowest BCUT2D eigenvalue weighted by Crippen LogP contribution is -2.22. The van der Waals surface area contributed by atoms with E-state index in [1.54, 1.807) is 0 Å². The Balaban J connectivity index is 2.18. The number of hydrogen-bond donors (Lipinski definition) is 1. The van der Waals surface area contributed by atoms with Gasteiger partial charge in [0.05, 0.1) is 11.6 Å². The third-order valence-electron chi connectivity index (χ3n) is 2.87. The summed E-state index contributed by atoms with van der Waals surface area (Å²) in [5, 5.41) is 11.9. The maximum absolute atomic E-state index is 12.3. The van der Waals surface area contributed by atoms with E-state index in [1.807, 2.05) is 6.07 Å². The highest BCUT2D eigenvalue weighted by Crippen LogP contribution is 2.32. The number of halogens is 3. The minimum absolute atomic E-state index is 0.105. The molecule has 1 aromatic rings. The van der Waals surface area contributed by atoms with Crippen molar-refractivity contribution >= 4 is 0 Å². The first-order valence-corrected chi connectivity index (χ1v) is 6.18. The minimum atomic E-state index is -4.46. The third-order valence-corrected chi connectivity index (χ3v) is 2.87. The second-order valence-corrected chi connectivity index (χ2v) is 4.57. The third kappa shape index (κ3) is 4.13. The van der Waals surface area contributed by atoms with Crippen molar-refractivity contribution in [2.45, 2.75) is 12.3 Å². The molecule has 1 aliphatic rings. The van der Waals surface area contributed by atoms with E-state index in [1.165, 1.54) is 18.2 Å². The molecule has 0 amide bonds. The molecule has 0 saturated carbocycles. The summed E-state index contributed by atoms with van der Waals surface area (Å²) in [6.07, 6.45) is -4.79. The molecule has 7 heteroatoms. The highest BCUT2D eigenvalue weighted by molar-refractivity contribution is 5.47. The second kappa shape index (κ2) is 6.06.